The number of sulfonamides is 1. The summed E-state index contributed by atoms with van der Waals surface area (Å²) in [4.78, 5) is 12.6. The molecular weight excluding hydrogens is 431 g/mol. The van der Waals surface area contributed by atoms with E-state index in [1.165, 1.54) is 12.1 Å². The number of hydrogen-bond donors (Lipinski definition) is 1. The van der Waals surface area contributed by atoms with Crippen LogP contribution >= 0.6 is 23.2 Å². The average molecular weight is 449 g/mol. The lowest BCUT2D eigenvalue weighted by molar-refractivity contribution is -0.119. The molecule has 0 aliphatic carbocycles. The Kier molecular flexibility index (Phi) is 6.79. The van der Waals surface area contributed by atoms with Crippen LogP contribution in [0.4, 0.5) is 5.69 Å². The Labute approximate surface area is 179 Å². The Morgan fingerprint density at radius 1 is 0.828 bits per heavy atom. The van der Waals surface area contributed by atoms with E-state index in [0.29, 0.717) is 15.7 Å². The molecule has 3 aromatic carbocycles. The molecule has 0 aromatic heterocycles. The number of benzene rings is 3. The van der Waals surface area contributed by atoms with E-state index in [1.807, 2.05) is 0 Å². The van der Waals surface area contributed by atoms with Crippen molar-refractivity contribution >= 4 is 44.8 Å². The number of rotatable bonds is 7. The normalized spacial score (nSPS) is 11.1. The van der Waals surface area contributed by atoms with Gasteiger partial charge in [0.2, 0.25) is 5.91 Å². The lowest BCUT2D eigenvalue weighted by Gasteiger charge is -2.24. The van der Waals surface area contributed by atoms with Gasteiger partial charge in [-0.05, 0) is 54.1 Å². The highest BCUT2D eigenvalue weighted by Gasteiger charge is 2.27. The maximum Gasteiger partial charge on any atom is 0.264 e. The maximum absolute atomic E-state index is 13.2. The number of carbonyl (C=O) groups excluding carboxylic acids is 1. The van der Waals surface area contributed by atoms with Gasteiger partial charge in [0.05, 0.1) is 10.6 Å². The second-order valence-corrected chi connectivity index (χ2v) is 8.94. The summed E-state index contributed by atoms with van der Waals surface area (Å²) in [5, 5.41) is 3.81. The number of amides is 1. The van der Waals surface area contributed by atoms with Gasteiger partial charge >= 0.3 is 0 Å². The molecule has 0 bridgehead atoms. The number of anilines is 1. The SMILES string of the molecule is O=C(CN(c1ccc(Cl)cc1)S(=O)(=O)c1ccccc1)NCc1ccc(Cl)cc1. The van der Waals surface area contributed by atoms with Gasteiger partial charge in [-0.15, -0.1) is 0 Å². The minimum Gasteiger partial charge on any atom is -0.350 e. The zero-order valence-electron chi connectivity index (χ0n) is 15.3. The summed E-state index contributed by atoms with van der Waals surface area (Å²) in [6, 6.07) is 21.3. The zero-order valence-corrected chi connectivity index (χ0v) is 17.6. The van der Waals surface area contributed by atoms with Crippen LogP contribution in [0.25, 0.3) is 0 Å². The second-order valence-electron chi connectivity index (χ2n) is 6.20. The van der Waals surface area contributed by atoms with Crippen LogP contribution in [0.1, 0.15) is 5.56 Å². The maximum atomic E-state index is 13.2. The molecule has 0 spiro atoms. The fraction of sp³-hybridized carbons (Fsp3) is 0.0952. The molecule has 0 radical (unpaired) electrons. The number of hydrogen-bond acceptors (Lipinski definition) is 3. The lowest BCUT2D eigenvalue weighted by atomic mass is 10.2. The third kappa shape index (κ3) is 5.50. The predicted molar refractivity (Wildman–Crippen MR) is 116 cm³/mol. The molecule has 0 heterocycles. The third-order valence-electron chi connectivity index (χ3n) is 4.14. The molecule has 150 valence electrons. The van der Waals surface area contributed by atoms with Crippen molar-refractivity contribution in [3.05, 3.63) is 94.5 Å². The van der Waals surface area contributed by atoms with Crippen LogP contribution in [0.5, 0.6) is 0 Å². The number of nitrogens with zero attached hydrogens (tertiary/aromatic N) is 1. The van der Waals surface area contributed by atoms with Crippen LogP contribution in [0.15, 0.2) is 83.8 Å². The van der Waals surface area contributed by atoms with E-state index < -0.39 is 15.9 Å². The molecule has 0 saturated carbocycles. The van der Waals surface area contributed by atoms with Crippen LogP contribution in [-0.2, 0) is 21.4 Å². The quantitative estimate of drug-likeness (QED) is 0.578. The Balaban J connectivity index is 1.82. The van der Waals surface area contributed by atoms with Crippen molar-refractivity contribution in [2.45, 2.75) is 11.4 Å². The van der Waals surface area contributed by atoms with E-state index in [4.69, 9.17) is 23.2 Å². The first-order valence-corrected chi connectivity index (χ1v) is 10.9. The van der Waals surface area contributed by atoms with Crippen molar-refractivity contribution in [1.29, 1.82) is 0 Å². The van der Waals surface area contributed by atoms with Crippen LogP contribution in [-0.4, -0.2) is 20.9 Å². The van der Waals surface area contributed by atoms with Gasteiger partial charge in [-0.1, -0.05) is 53.5 Å². The van der Waals surface area contributed by atoms with Gasteiger partial charge in [0, 0.05) is 16.6 Å². The van der Waals surface area contributed by atoms with Crippen molar-refractivity contribution in [1.82, 2.24) is 5.32 Å². The average Bonchev–Trinajstić information content (AvgIpc) is 2.73. The van der Waals surface area contributed by atoms with Crippen LogP contribution < -0.4 is 9.62 Å². The highest BCUT2D eigenvalue weighted by Crippen LogP contribution is 2.25. The van der Waals surface area contributed by atoms with Gasteiger partial charge in [0.1, 0.15) is 6.54 Å². The Hall–Kier alpha value is -2.54. The predicted octanol–water partition coefficient (Wildman–Crippen LogP) is 4.51. The van der Waals surface area contributed by atoms with Gasteiger partial charge in [0.25, 0.3) is 10.0 Å². The van der Waals surface area contributed by atoms with Crippen LogP contribution in [0.3, 0.4) is 0 Å². The first-order valence-electron chi connectivity index (χ1n) is 8.71. The van der Waals surface area contributed by atoms with E-state index in [9.17, 15) is 13.2 Å². The number of halogens is 2. The van der Waals surface area contributed by atoms with Crippen LogP contribution in [0, 0.1) is 0 Å². The minimum atomic E-state index is -3.94. The molecule has 8 heteroatoms. The zero-order chi connectivity index (χ0) is 20.9. The van der Waals surface area contributed by atoms with Crippen molar-refractivity contribution in [2.24, 2.45) is 0 Å². The molecule has 0 atom stereocenters. The molecule has 0 aliphatic rings. The molecule has 0 saturated heterocycles. The van der Waals surface area contributed by atoms with Gasteiger partial charge < -0.3 is 5.32 Å². The topological polar surface area (TPSA) is 66.5 Å². The fourth-order valence-corrected chi connectivity index (χ4v) is 4.33. The summed E-state index contributed by atoms with van der Waals surface area (Å²) >= 11 is 11.8. The van der Waals surface area contributed by atoms with Crippen LogP contribution in [0.2, 0.25) is 10.0 Å². The molecule has 29 heavy (non-hydrogen) atoms. The highest BCUT2D eigenvalue weighted by molar-refractivity contribution is 7.92. The van der Waals surface area contributed by atoms with Crippen molar-refractivity contribution < 1.29 is 13.2 Å². The monoisotopic (exact) mass is 448 g/mol. The summed E-state index contributed by atoms with van der Waals surface area (Å²) in [5.41, 5.74) is 1.20. The first kappa shape index (κ1) is 21.2. The van der Waals surface area contributed by atoms with Gasteiger partial charge in [-0.3, -0.25) is 9.10 Å². The smallest absolute Gasteiger partial charge is 0.264 e. The third-order valence-corrected chi connectivity index (χ3v) is 6.43. The van der Waals surface area contributed by atoms with E-state index in [0.717, 1.165) is 9.87 Å². The molecule has 1 N–H and O–H groups in total. The molecule has 3 rings (SSSR count). The van der Waals surface area contributed by atoms with E-state index in [-0.39, 0.29) is 18.0 Å². The van der Waals surface area contributed by atoms with Gasteiger partial charge in [-0.25, -0.2) is 8.42 Å². The summed E-state index contributed by atoms with van der Waals surface area (Å²) in [6.07, 6.45) is 0. The number of nitrogens with one attached hydrogen (secondary N) is 1. The first-order chi connectivity index (χ1) is 13.9. The van der Waals surface area contributed by atoms with Crippen molar-refractivity contribution in [2.75, 3.05) is 10.8 Å². The molecule has 0 unspecified atom stereocenters. The van der Waals surface area contributed by atoms with Gasteiger partial charge in [0.15, 0.2) is 0 Å². The molecule has 0 aliphatic heterocycles. The molecule has 3 aromatic rings. The Morgan fingerprint density at radius 2 is 1.38 bits per heavy atom. The number of carbonyl (C=O) groups is 1. The second kappa shape index (κ2) is 9.31. The van der Waals surface area contributed by atoms with Crippen molar-refractivity contribution in [3.63, 3.8) is 0 Å². The molecule has 1 amide bonds. The summed E-state index contributed by atoms with van der Waals surface area (Å²) in [6.45, 7) is -0.109. The standard InChI is InChI=1S/C21H18Cl2N2O3S/c22-17-8-6-16(7-9-17)14-24-21(26)15-25(19-12-10-18(23)11-13-19)29(27,28)20-4-2-1-3-5-20/h1-13H,14-15H2,(H,24,26). The van der Waals surface area contributed by atoms with E-state index in [1.54, 1.807) is 66.7 Å². The summed E-state index contributed by atoms with van der Waals surface area (Å²) < 4.78 is 27.4. The molecule has 5 nitrogen and oxygen atoms in total. The van der Waals surface area contributed by atoms with E-state index >= 15 is 0 Å². The van der Waals surface area contributed by atoms with E-state index in [2.05, 4.69) is 5.32 Å². The van der Waals surface area contributed by atoms with Crippen molar-refractivity contribution in [3.8, 4) is 0 Å². The molecule has 0 fully saturated rings. The molecular formula is C21H18Cl2N2O3S. The summed E-state index contributed by atoms with van der Waals surface area (Å²) in [5.74, 6) is -0.436. The van der Waals surface area contributed by atoms with Gasteiger partial charge in [-0.2, -0.15) is 0 Å². The Bertz CT molecular complexity index is 1070. The minimum absolute atomic E-state index is 0.0976. The highest BCUT2D eigenvalue weighted by atomic mass is 35.5. The summed E-state index contributed by atoms with van der Waals surface area (Å²) in [7, 11) is -3.94. The Morgan fingerprint density at radius 3 is 1.97 bits per heavy atom. The lowest BCUT2D eigenvalue weighted by Crippen LogP contribution is -2.40. The largest absolute Gasteiger partial charge is 0.350 e. The fourth-order valence-electron chi connectivity index (χ4n) is 2.63.